The first-order chi connectivity index (χ1) is 12.9. The summed E-state index contributed by atoms with van der Waals surface area (Å²) in [5.74, 6) is 1.81. The smallest absolute Gasteiger partial charge is 0.191 e. The molecule has 28 heavy (non-hydrogen) atoms. The number of aliphatic imine (C=N–C) groups is 1. The van der Waals surface area contributed by atoms with Gasteiger partial charge >= 0.3 is 0 Å². The standard InChI is InChI=1S/C19H35N7O.HI/c1-6-17-24-23-15-25(17)8-7-20-18(21-13-16(2)3)22-14-19(4,5)26-9-11-27-12-10-26;/h15H,2,6-14H2,1,3-5H3,(H2,20,21,22);1H. The maximum absolute atomic E-state index is 5.47. The number of aromatic nitrogens is 3. The maximum Gasteiger partial charge on any atom is 0.191 e. The Balaban J connectivity index is 0.00000392. The molecule has 160 valence electrons. The molecule has 0 saturated carbocycles. The van der Waals surface area contributed by atoms with E-state index < -0.39 is 0 Å². The van der Waals surface area contributed by atoms with E-state index in [0.29, 0.717) is 13.1 Å². The van der Waals surface area contributed by atoms with Crippen LogP contribution in [0.25, 0.3) is 0 Å². The Labute approximate surface area is 186 Å². The van der Waals surface area contributed by atoms with Crippen molar-refractivity contribution in [3.8, 4) is 0 Å². The van der Waals surface area contributed by atoms with Gasteiger partial charge in [-0.25, -0.2) is 0 Å². The molecule has 0 aliphatic carbocycles. The van der Waals surface area contributed by atoms with Gasteiger partial charge in [0.2, 0.25) is 0 Å². The SMILES string of the molecule is C=C(C)CNC(=NCC(C)(C)N1CCOCC1)NCCn1cnnc1CC.I. The quantitative estimate of drug-likeness (QED) is 0.230. The number of nitrogens with one attached hydrogen (secondary N) is 2. The number of halogens is 1. The minimum Gasteiger partial charge on any atom is -0.379 e. The van der Waals surface area contributed by atoms with Gasteiger partial charge in [0.15, 0.2) is 5.96 Å². The number of morpholine rings is 1. The number of rotatable bonds is 9. The molecule has 2 N–H and O–H groups in total. The Morgan fingerprint density at radius 3 is 2.68 bits per heavy atom. The molecule has 2 heterocycles. The number of nitrogens with zero attached hydrogens (tertiary/aromatic N) is 5. The van der Waals surface area contributed by atoms with Crippen molar-refractivity contribution in [2.75, 3.05) is 45.9 Å². The van der Waals surface area contributed by atoms with Gasteiger partial charge in [0.05, 0.1) is 19.8 Å². The van der Waals surface area contributed by atoms with Crippen molar-refractivity contribution in [1.82, 2.24) is 30.3 Å². The van der Waals surface area contributed by atoms with E-state index in [9.17, 15) is 0 Å². The Kier molecular flexibility index (Phi) is 11.0. The second-order valence-corrected chi connectivity index (χ2v) is 7.61. The van der Waals surface area contributed by atoms with Crippen molar-refractivity contribution in [1.29, 1.82) is 0 Å². The van der Waals surface area contributed by atoms with Crippen molar-refractivity contribution in [3.63, 3.8) is 0 Å². The van der Waals surface area contributed by atoms with Crippen LogP contribution in [0.15, 0.2) is 23.5 Å². The van der Waals surface area contributed by atoms with E-state index in [1.54, 1.807) is 6.33 Å². The highest BCUT2D eigenvalue weighted by Crippen LogP contribution is 2.16. The summed E-state index contributed by atoms with van der Waals surface area (Å²) in [6.07, 6.45) is 2.66. The first-order valence-electron chi connectivity index (χ1n) is 9.78. The van der Waals surface area contributed by atoms with Gasteiger partial charge in [-0.1, -0.05) is 19.1 Å². The molecule has 0 spiro atoms. The van der Waals surface area contributed by atoms with Crippen molar-refractivity contribution in [3.05, 3.63) is 24.3 Å². The van der Waals surface area contributed by atoms with Crippen LogP contribution in [0.2, 0.25) is 0 Å². The maximum atomic E-state index is 5.47. The summed E-state index contributed by atoms with van der Waals surface area (Å²) < 4.78 is 7.54. The molecule has 1 aliphatic heterocycles. The second-order valence-electron chi connectivity index (χ2n) is 7.61. The largest absolute Gasteiger partial charge is 0.379 e. The van der Waals surface area contributed by atoms with Crippen molar-refractivity contribution in [2.45, 2.75) is 46.2 Å². The van der Waals surface area contributed by atoms with Gasteiger partial charge in [0.1, 0.15) is 12.2 Å². The van der Waals surface area contributed by atoms with Gasteiger partial charge in [-0.2, -0.15) is 0 Å². The molecule has 2 rings (SSSR count). The molecule has 1 fully saturated rings. The summed E-state index contributed by atoms with van der Waals surface area (Å²) in [7, 11) is 0. The zero-order valence-electron chi connectivity index (χ0n) is 17.7. The van der Waals surface area contributed by atoms with Crippen LogP contribution in [-0.4, -0.2) is 77.1 Å². The molecule has 1 aromatic rings. The van der Waals surface area contributed by atoms with Crippen LogP contribution >= 0.6 is 24.0 Å². The zero-order chi connectivity index (χ0) is 19.7. The van der Waals surface area contributed by atoms with Crippen molar-refractivity contribution < 1.29 is 4.74 Å². The van der Waals surface area contributed by atoms with E-state index in [-0.39, 0.29) is 29.5 Å². The molecule has 8 nitrogen and oxygen atoms in total. The van der Waals surface area contributed by atoms with Crippen LogP contribution in [0, 0.1) is 0 Å². The predicted octanol–water partition coefficient (Wildman–Crippen LogP) is 1.68. The van der Waals surface area contributed by atoms with Gasteiger partial charge in [-0.05, 0) is 20.8 Å². The third-order valence-corrected chi connectivity index (χ3v) is 4.71. The first kappa shape index (κ1) is 24.8. The molecule has 0 unspecified atom stereocenters. The summed E-state index contributed by atoms with van der Waals surface area (Å²) in [6.45, 7) is 19.0. The number of ether oxygens (including phenoxy) is 1. The van der Waals surface area contributed by atoms with Gasteiger partial charge in [0, 0.05) is 44.7 Å². The second kappa shape index (κ2) is 12.4. The van der Waals surface area contributed by atoms with Crippen LogP contribution in [0.4, 0.5) is 0 Å². The molecule has 1 aliphatic rings. The molecular weight excluding hydrogens is 469 g/mol. The molecule has 9 heteroatoms. The van der Waals surface area contributed by atoms with Crippen molar-refractivity contribution in [2.24, 2.45) is 4.99 Å². The minimum absolute atomic E-state index is 0. The lowest BCUT2D eigenvalue weighted by Crippen LogP contribution is -2.52. The lowest BCUT2D eigenvalue weighted by Gasteiger charge is -2.39. The topological polar surface area (TPSA) is 79.6 Å². The molecule has 0 radical (unpaired) electrons. The lowest BCUT2D eigenvalue weighted by molar-refractivity contribution is -0.00683. The Bertz CT molecular complexity index is 624. The third-order valence-electron chi connectivity index (χ3n) is 4.71. The Morgan fingerprint density at radius 1 is 1.32 bits per heavy atom. The van der Waals surface area contributed by atoms with Gasteiger partial charge < -0.3 is 19.9 Å². The highest BCUT2D eigenvalue weighted by molar-refractivity contribution is 14.0. The minimum atomic E-state index is -0.00867. The number of hydrogen-bond donors (Lipinski definition) is 2. The summed E-state index contributed by atoms with van der Waals surface area (Å²) in [5, 5.41) is 14.9. The number of hydrogen-bond acceptors (Lipinski definition) is 5. The Hall–Kier alpha value is -1.20. The highest BCUT2D eigenvalue weighted by Gasteiger charge is 2.28. The number of guanidine groups is 1. The zero-order valence-corrected chi connectivity index (χ0v) is 20.0. The summed E-state index contributed by atoms with van der Waals surface area (Å²) in [6, 6.07) is 0. The highest BCUT2D eigenvalue weighted by atomic mass is 127. The molecule has 1 saturated heterocycles. The van der Waals surface area contributed by atoms with Crippen LogP contribution in [-0.2, 0) is 17.7 Å². The van der Waals surface area contributed by atoms with Gasteiger partial charge in [-0.15, -0.1) is 34.2 Å². The summed E-state index contributed by atoms with van der Waals surface area (Å²) in [5.41, 5.74) is 1.06. The van der Waals surface area contributed by atoms with Crippen LogP contribution < -0.4 is 10.6 Å². The van der Waals surface area contributed by atoms with E-state index in [4.69, 9.17) is 9.73 Å². The molecule has 0 aromatic carbocycles. The van der Waals surface area contributed by atoms with Crippen LogP contribution in [0.3, 0.4) is 0 Å². The normalized spacial score (nSPS) is 15.8. The molecule has 1 aromatic heterocycles. The van der Waals surface area contributed by atoms with Gasteiger partial charge in [-0.3, -0.25) is 9.89 Å². The van der Waals surface area contributed by atoms with E-state index in [0.717, 1.165) is 63.2 Å². The average molecular weight is 505 g/mol. The predicted molar refractivity (Wildman–Crippen MR) is 124 cm³/mol. The summed E-state index contributed by atoms with van der Waals surface area (Å²) in [4.78, 5) is 7.28. The first-order valence-corrected chi connectivity index (χ1v) is 9.78. The molecular formula is C19H36IN7O. The number of aryl methyl sites for hydroxylation is 1. The average Bonchev–Trinajstić information content (AvgIpc) is 3.11. The van der Waals surface area contributed by atoms with E-state index in [1.807, 2.05) is 6.92 Å². The fourth-order valence-corrected chi connectivity index (χ4v) is 2.98. The summed E-state index contributed by atoms with van der Waals surface area (Å²) >= 11 is 0. The lowest BCUT2D eigenvalue weighted by atomic mass is 10.0. The Morgan fingerprint density at radius 2 is 2.04 bits per heavy atom. The molecule has 0 amide bonds. The molecule has 0 atom stereocenters. The van der Waals surface area contributed by atoms with E-state index >= 15 is 0 Å². The fourth-order valence-electron chi connectivity index (χ4n) is 2.98. The van der Waals surface area contributed by atoms with E-state index in [1.165, 1.54) is 0 Å². The van der Waals surface area contributed by atoms with Crippen LogP contribution in [0.5, 0.6) is 0 Å². The monoisotopic (exact) mass is 505 g/mol. The van der Waals surface area contributed by atoms with Crippen molar-refractivity contribution >= 4 is 29.9 Å². The molecule has 0 bridgehead atoms. The fraction of sp³-hybridized carbons (Fsp3) is 0.737. The third kappa shape index (κ3) is 8.04. The van der Waals surface area contributed by atoms with Gasteiger partial charge in [0.25, 0.3) is 0 Å². The van der Waals surface area contributed by atoms with Crippen LogP contribution in [0.1, 0.15) is 33.5 Å². The van der Waals surface area contributed by atoms with E-state index in [2.05, 4.69) is 57.6 Å².